The summed E-state index contributed by atoms with van der Waals surface area (Å²) < 4.78 is 1.68. The van der Waals surface area contributed by atoms with Crippen molar-refractivity contribution in [2.75, 3.05) is 19.6 Å². The van der Waals surface area contributed by atoms with Crippen LogP contribution in [0.2, 0.25) is 5.02 Å². The fourth-order valence-electron chi connectivity index (χ4n) is 3.03. The van der Waals surface area contributed by atoms with Crippen LogP contribution in [0, 0.1) is 6.92 Å². The van der Waals surface area contributed by atoms with Crippen LogP contribution in [0.1, 0.15) is 36.2 Å². The maximum Gasteiger partial charge on any atom is 0.293 e. The second kappa shape index (κ2) is 7.32. The first-order chi connectivity index (χ1) is 11.6. The van der Waals surface area contributed by atoms with Crippen molar-refractivity contribution in [1.29, 1.82) is 0 Å². The van der Waals surface area contributed by atoms with Gasteiger partial charge in [-0.3, -0.25) is 4.79 Å². The molecule has 1 atom stereocenters. The fourth-order valence-corrected chi connectivity index (χ4v) is 3.16. The van der Waals surface area contributed by atoms with Gasteiger partial charge in [-0.05, 0) is 50.6 Å². The summed E-state index contributed by atoms with van der Waals surface area (Å²) in [5.74, 6) is 0.839. The predicted molar refractivity (Wildman–Crippen MR) is 93.7 cm³/mol. The highest BCUT2D eigenvalue weighted by Gasteiger charge is 2.29. The van der Waals surface area contributed by atoms with Gasteiger partial charge >= 0.3 is 0 Å². The third-order valence-electron chi connectivity index (χ3n) is 4.23. The molecule has 2 aromatic rings. The number of carbonyl (C=O) groups excluding carboxylic acids is 1. The number of nitrogens with one attached hydrogen (secondary N) is 1. The molecule has 1 fully saturated rings. The minimum Gasteiger partial charge on any atom is -0.332 e. The van der Waals surface area contributed by atoms with E-state index in [0.717, 1.165) is 38.2 Å². The van der Waals surface area contributed by atoms with Crippen LogP contribution in [0.3, 0.4) is 0 Å². The zero-order valence-electron chi connectivity index (χ0n) is 14.0. The van der Waals surface area contributed by atoms with Crippen LogP contribution in [0.4, 0.5) is 0 Å². The van der Waals surface area contributed by atoms with Gasteiger partial charge in [0.2, 0.25) is 5.82 Å². The lowest BCUT2D eigenvalue weighted by atomic mass is 10.2. The van der Waals surface area contributed by atoms with Crippen molar-refractivity contribution >= 4 is 17.5 Å². The van der Waals surface area contributed by atoms with Crippen LogP contribution in [0.25, 0.3) is 5.69 Å². The Morgan fingerprint density at radius 2 is 2.17 bits per heavy atom. The third-order valence-corrected chi connectivity index (χ3v) is 4.48. The largest absolute Gasteiger partial charge is 0.332 e. The third kappa shape index (κ3) is 3.44. The molecule has 1 saturated heterocycles. The van der Waals surface area contributed by atoms with E-state index < -0.39 is 0 Å². The van der Waals surface area contributed by atoms with Crippen LogP contribution in [0.5, 0.6) is 0 Å². The number of aryl methyl sites for hydroxylation is 1. The van der Waals surface area contributed by atoms with Gasteiger partial charge in [0, 0.05) is 24.2 Å². The van der Waals surface area contributed by atoms with Gasteiger partial charge in [0.1, 0.15) is 5.82 Å². The van der Waals surface area contributed by atoms with Crippen molar-refractivity contribution < 1.29 is 4.79 Å². The molecule has 0 bridgehead atoms. The van der Waals surface area contributed by atoms with Crippen molar-refractivity contribution in [1.82, 2.24) is 25.0 Å². The summed E-state index contributed by atoms with van der Waals surface area (Å²) >= 11 is 5.93. The number of halogens is 1. The number of carbonyl (C=O) groups is 1. The Hall–Kier alpha value is -1.92. The molecule has 24 heavy (non-hydrogen) atoms. The molecule has 0 saturated carbocycles. The van der Waals surface area contributed by atoms with Gasteiger partial charge in [0.25, 0.3) is 5.91 Å². The molecule has 7 heteroatoms. The average Bonchev–Trinajstić information content (AvgIpc) is 3.23. The van der Waals surface area contributed by atoms with Crippen LogP contribution in [-0.4, -0.2) is 51.2 Å². The number of amides is 1. The number of hydrogen-bond acceptors (Lipinski definition) is 4. The minimum atomic E-state index is -0.0960. The van der Waals surface area contributed by atoms with E-state index in [1.807, 2.05) is 24.0 Å². The van der Waals surface area contributed by atoms with Crippen molar-refractivity contribution in [3.05, 3.63) is 40.9 Å². The quantitative estimate of drug-likeness (QED) is 0.902. The Bertz CT molecular complexity index is 706. The topological polar surface area (TPSA) is 63.1 Å². The molecule has 3 rings (SSSR count). The summed E-state index contributed by atoms with van der Waals surface area (Å²) in [6.07, 6.45) is 1.89. The first-order valence-electron chi connectivity index (χ1n) is 8.31. The normalized spacial score (nSPS) is 17.2. The highest BCUT2D eigenvalue weighted by atomic mass is 35.5. The zero-order chi connectivity index (χ0) is 17.1. The van der Waals surface area contributed by atoms with E-state index in [1.54, 1.807) is 16.8 Å². The molecule has 1 N–H and O–H groups in total. The number of benzene rings is 1. The van der Waals surface area contributed by atoms with Gasteiger partial charge in [-0.1, -0.05) is 18.5 Å². The molecule has 2 heterocycles. The van der Waals surface area contributed by atoms with E-state index >= 15 is 0 Å². The molecule has 1 aromatic heterocycles. The van der Waals surface area contributed by atoms with E-state index in [1.165, 1.54) is 0 Å². The van der Waals surface area contributed by atoms with Crippen molar-refractivity contribution in [3.8, 4) is 5.69 Å². The number of hydrogen-bond donors (Lipinski definition) is 1. The molecule has 128 valence electrons. The van der Waals surface area contributed by atoms with E-state index in [-0.39, 0.29) is 17.8 Å². The number of rotatable bonds is 5. The molecule has 1 aliphatic heterocycles. The maximum atomic E-state index is 12.9. The zero-order valence-corrected chi connectivity index (χ0v) is 14.8. The lowest BCUT2D eigenvalue weighted by Crippen LogP contribution is -2.42. The highest BCUT2D eigenvalue weighted by molar-refractivity contribution is 6.30. The fraction of sp³-hybridized carbons (Fsp3) is 0.471. The lowest BCUT2D eigenvalue weighted by molar-refractivity contribution is 0.0679. The van der Waals surface area contributed by atoms with Crippen molar-refractivity contribution in [2.45, 2.75) is 32.7 Å². The standard InChI is InChI=1S/C17H22ClN5O/c1-3-10-22(15-8-9-19-11-15)17(24)16-20-12(2)23(21-16)14-6-4-13(18)5-7-14/h4-7,15,19H,3,8-11H2,1-2H3. The van der Waals surface area contributed by atoms with Crippen LogP contribution in [-0.2, 0) is 0 Å². The van der Waals surface area contributed by atoms with Crippen LogP contribution in [0.15, 0.2) is 24.3 Å². The molecule has 1 aromatic carbocycles. The van der Waals surface area contributed by atoms with E-state index in [0.29, 0.717) is 10.8 Å². The summed E-state index contributed by atoms with van der Waals surface area (Å²) in [5, 5.41) is 8.41. The summed E-state index contributed by atoms with van der Waals surface area (Å²) in [6, 6.07) is 7.55. The maximum absolute atomic E-state index is 12.9. The predicted octanol–water partition coefficient (Wildman–Crippen LogP) is 2.44. The van der Waals surface area contributed by atoms with E-state index in [2.05, 4.69) is 22.3 Å². The van der Waals surface area contributed by atoms with Gasteiger partial charge in [-0.25, -0.2) is 9.67 Å². The second-order valence-corrected chi connectivity index (χ2v) is 6.45. The van der Waals surface area contributed by atoms with Crippen LogP contribution >= 0.6 is 11.6 Å². The summed E-state index contributed by atoms with van der Waals surface area (Å²) in [5.41, 5.74) is 0.841. The van der Waals surface area contributed by atoms with E-state index in [4.69, 9.17) is 11.6 Å². The molecule has 1 aliphatic rings. The minimum absolute atomic E-state index is 0.0960. The van der Waals surface area contributed by atoms with Gasteiger partial charge in [0.05, 0.1) is 5.69 Å². The average molecular weight is 348 g/mol. The molecular weight excluding hydrogens is 326 g/mol. The summed E-state index contributed by atoms with van der Waals surface area (Å²) in [7, 11) is 0. The number of nitrogens with zero attached hydrogens (tertiary/aromatic N) is 4. The van der Waals surface area contributed by atoms with Gasteiger partial charge in [-0.2, -0.15) is 0 Å². The first-order valence-corrected chi connectivity index (χ1v) is 8.69. The molecule has 0 radical (unpaired) electrons. The van der Waals surface area contributed by atoms with Crippen molar-refractivity contribution in [2.24, 2.45) is 0 Å². The molecule has 0 spiro atoms. The SMILES string of the molecule is CCCN(C(=O)c1nc(C)n(-c2ccc(Cl)cc2)n1)C1CCNC1. The lowest BCUT2D eigenvalue weighted by Gasteiger charge is -2.26. The van der Waals surface area contributed by atoms with Crippen LogP contribution < -0.4 is 5.32 Å². The van der Waals surface area contributed by atoms with Gasteiger partial charge in [0.15, 0.2) is 0 Å². The molecule has 1 unspecified atom stereocenters. The Morgan fingerprint density at radius 3 is 2.79 bits per heavy atom. The Balaban J connectivity index is 1.87. The van der Waals surface area contributed by atoms with E-state index in [9.17, 15) is 4.79 Å². The highest BCUT2D eigenvalue weighted by Crippen LogP contribution is 2.16. The first kappa shape index (κ1) is 16.9. The smallest absolute Gasteiger partial charge is 0.293 e. The Morgan fingerprint density at radius 1 is 1.42 bits per heavy atom. The Kier molecular flexibility index (Phi) is 5.16. The Labute approximate surface area is 146 Å². The molecular formula is C17H22ClN5O. The monoisotopic (exact) mass is 347 g/mol. The van der Waals surface area contributed by atoms with Gasteiger partial charge in [-0.15, -0.1) is 5.10 Å². The summed E-state index contributed by atoms with van der Waals surface area (Å²) in [6.45, 7) is 6.43. The molecule has 6 nitrogen and oxygen atoms in total. The van der Waals surface area contributed by atoms with Crippen molar-refractivity contribution in [3.63, 3.8) is 0 Å². The van der Waals surface area contributed by atoms with Gasteiger partial charge < -0.3 is 10.2 Å². The second-order valence-electron chi connectivity index (χ2n) is 6.02. The summed E-state index contributed by atoms with van der Waals surface area (Å²) in [4.78, 5) is 19.2. The molecule has 0 aliphatic carbocycles. The molecule has 1 amide bonds. The number of aromatic nitrogens is 3.